The van der Waals surface area contributed by atoms with E-state index in [4.69, 9.17) is 4.74 Å². The third-order valence-electron chi connectivity index (χ3n) is 4.63. The molecule has 0 aliphatic carbocycles. The average molecular weight is 600 g/mol. The highest BCUT2D eigenvalue weighted by Crippen LogP contribution is 2.66. The van der Waals surface area contributed by atoms with Crippen LogP contribution >= 0.6 is 34.9 Å². The molecular formula is C20H21BrF2NO7PS2. The Labute approximate surface area is 206 Å². The van der Waals surface area contributed by atoms with Crippen LogP contribution in [0.25, 0.3) is 21.3 Å². The first kappa shape index (κ1) is 27.0. The summed E-state index contributed by atoms with van der Waals surface area (Å²) in [6.07, 6.45) is 2.69. The monoisotopic (exact) mass is 599 g/mol. The number of ether oxygens (including phenoxy) is 1. The Balaban J connectivity index is 2.16. The van der Waals surface area contributed by atoms with E-state index in [-0.39, 0.29) is 51.1 Å². The molecule has 0 fully saturated rings. The number of thiophene rings is 1. The van der Waals surface area contributed by atoms with E-state index in [1.807, 2.05) is 0 Å². The van der Waals surface area contributed by atoms with Gasteiger partial charge < -0.3 is 19.1 Å². The smallest absolute Gasteiger partial charge is 0.402 e. The number of fused-ring (bicyclic) bond motifs is 1. The second kappa shape index (κ2) is 10.2. The van der Waals surface area contributed by atoms with Crippen molar-refractivity contribution in [2.45, 2.75) is 19.0 Å². The van der Waals surface area contributed by atoms with Gasteiger partial charge in [-0.3, -0.25) is 9.36 Å². The van der Waals surface area contributed by atoms with Gasteiger partial charge in [-0.05, 0) is 41.4 Å². The van der Waals surface area contributed by atoms with E-state index < -0.39 is 28.0 Å². The van der Waals surface area contributed by atoms with Crippen LogP contribution in [0, 0.1) is 0 Å². The number of H-pyrrole nitrogens is 1. The number of alkyl halides is 2. The SMILES string of the molecule is CCOP(=O)(O)C(F)(F)c1sc2c(OCCCS(C)(=O)=O)cc(-c3cc(=O)cc[nH]3)cc2c1Br. The molecule has 0 radical (unpaired) electrons. The second-order valence-corrected chi connectivity index (χ2v) is 13.3. The molecule has 1 unspecified atom stereocenters. The van der Waals surface area contributed by atoms with Crippen molar-refractivity contribution in [1.29, 1.82) is 0 Å². The molecule has 0 saturated carbocycles. The van der Waals surface area contributed by atoms with Gasteiger partial charge in [0.15, 0.2) is 5.43 Å². The van der Waals surface area contributed by atoms with Crippen molar-refractivity contribution in [3.05, 3.63) is 50.0 Å². The number of aromatic amines is 1. The number of pyridine rings is 1. The molecule has 8 nitrogen and oxygen atoms in total. The summed E-state index contributed by atoms with van der Waals surface area (Å²) in [5.74, 6) is 0.0316. The Bertz CT molecular complexity index is 1420. The molecule has 0 saturated heterocycles. The highest BCUT2D eigenvalue weighted by atomic mass is 79.9. The number of nitrogens with one attached hydrogen (secondary N) is 1. The van der Waals surface area contributed by atoms with E-state index in [0.717, 1.165) is 6.26 Å². The van der Waals surface area contributed by atoms with E-state index >= 15 is 8.78 Å². The summed E-state index contributed by atoms with van der Waals surface area (Å²) in [7, 11) is -8.56. The minimum Gasteiger partial charge on any atom is -0.492 e. The van der Waals surface area contributed by atoms with Gasteiger partial charge in [-0.2, -0.15) is 8.78 Å². The maximum absolute atomic E-state index is 15.1. The van der Waals surface area contributed by atoms with Gasteiger partial charge in [0.2, 0.25) is 0 Å². The summed E-state index contributed by atoms with van der Waals surface area (Å²) in [5.41, 5.74) is -3.66. The second-order valence-electron chi connectivity index (χ2n) is 7.35. The topological polar surface area (TPSA) is 123 Å². The predicted molar refractivity (Wildman–Crippen MR) is 131 cm³/mol. The molecule has 186 valence electrons. The molecule has 3 rings (SSSR count). The largest absolute Gasteiger partial charge is 0.492 e. The number of hydrogen-bond acceptors (Lipinski definition) is 7. The molecule has 2 heterocycles. The van der Waals surface area contributed by atoms with Gasteiger partial charge in [0.1, 0.15) is 20.5 Å². The molecule has 34 heavy (non-hydrogen) atoms. The first-order valence-corrected chi connectivity index (χ1v) is 15.1. The Morgan fingerprint density at radius 3 is 2.62 bits per heavy atom. The number of aromatic nitrogens is 1. The minimum absolute atomic E-state index is 0.0182. The average Bonchev–Trinajstić information content (AvgIpc) is 3.07. The zero-order chi connectivity index (χ0) is 25.3. The molecule has 0 amide bonds. The molecule has 0 aliphatic heterocycles. The number of halogens is 3. The van der Waals surface area contributed by atoms with E-state index in [1.165, 1.54) is 37.4 Å². The van der Waals surface area contributed by atoms with Crippen molar-refractivity contribution in [2.24, 2.45) is 0 Å². The van der Waals surface area contributed by atoms with Gasteiger partial charge in [-0.25, -0.2) is 8.42 Å². The fourth-order valence-electron chi connectivity index (χ4n) is 3.10. The molecule has 2 N–H and O–H groups in total. The molecule has 1 atom stereocenters. The summed E-state index contributed by atoms with van der Waals surface area (Å²) in [5, 5.41) is 0.261. The van der Waals surface area contributed by atoms with E-state index in [2.05, 4.69) is 25.4 Å². The minimum atomic E-state index is -5.34. The lowest BCUT2D eigenvalue weighted by Crippen LogP contribution is -2.14. The van der Waals surface area contributed by atoms with Crippen molar-refractivity contribution in [2.75, 3.05) is 25.2 Å². The number of hydrogen-bond donors (Lipinski definition) is 2. The Morgan fingerprint density at radius 1 is 1.29 bits per heavy atom. The van der Waals surface area contributed by atoms with Gasteiger partial charge in [-0.15, -0.1) is 11.3 Å². The van der Waals surface area contributed by atoms with E-state index in [9.17, 15) is 22.7 Å². The Hall–Kier alpha value is -1.63. The zero-order valence-corrected chi connectivity index (χ0v) is 22.1. The number of sulfone groups is 1. The Kier molecular flexibility index (Phi) is 8.06. The lowest BCUT2D eigenvalue weighted by Gasteiger charge is -2.20. The quantitative estimate of drug-likeness (QED) is 0.245. The van der Waals surface area contributed by atoms with Crippen LogP contribution in [-0.2, 0) is 24.6 Å². The van der Waals surface area contributed by atoms with Crippen LogP contribution in [0.4, 0.5) is 8.78 Å². The normalized spacial score (nSPS) is 14.3. The first-order chi connectivity index (χ1) is 15.8. The van der Waals surface area contributed by atoms with Crippen LogP contribution in [0.2, 0.25) is 0 Å². The van der Waals surface area contributed by atoms with E-state index in [0.29, 0.717) is 22.6 Å². The highest BCUT2D eigenvalue weighted by Gasteiger charge is 2.55. The van der Waals surface area contributed by atoms with Gasteiger partial charge in [-0.1, -0.05) is 0 Å². The molecule has 1 aromatic carbocycles. The van der Waals surface area contributed by atoms with Crippen LogP contribution in [0.3, 0.4) is 0 Å². The lowest BCUT2D eigenvalue weighted by molar-refractivity contribution is 0.0495. The summed E-state index contributed by atoms with van der Waals surface area (Å²) in [4.78, 5) is 23.9. The molecular weight excluding hydrogens is 579 g/mol. The van der Waals surface area contributed by atoms with Gasteiger partial charge >= 0.3 is 13.3 Å². The zero-order valence-electron chi connectivity index (χ0n) is 18.0. The van der Waals surface area contributed by atoms with Crippen molar-refractivity contribution in [3.8, 4) is 17.0 Å². The molecule has 0 spiro atoms. The fourth-order valence-corrected chi connectivity index (χ4v) is 7.21. The summed E-state index contributed by atoms with van der Waals surface area (Å²) < 4.78 is 75.5. The molecule has 3 aromatic rings. The third kappa shape index (κ3) is 5.77. The van der Waals surface area contributed by atoms with Gasteiger partial charge in [0.25, 0.3) is 0 Å². The van der Waals surface area contributed by atoms with Crippen LogP contribution in [0.5, 0.6) is 5.75 Å². The fraction of sp³-hybridized carbons (Fsp3) is 0.350. The van der Waals surface area contributed by atoms with Gasteiger partial charge in [0.05, 0.1) is 23.7 Å². The van der Waals surface area contributed by atoms with Crippen molar-refractivity contribution in [1.82, 2.24) is 4.98 Å². The third-order valence-corrected chi connectivity index (χ3v) is 9.73. The van der Waals surface area contributed by atoms with Crippen LogP contribution in [0.15, 0.2) is 39.7 Å². The summed E-state index contributed by atoms with van der Waals surface area (Å²) in [6, 6.07) is 5.70. The maximum Gasteiger partial charge on any atom is 0.402 e. The first-order valence-electron chi connectivity index (χ1n) is 9.88. The van der Waals surface area contributed by atoms with Crippen LogP contribution in [-0.4, -0.2) is 43.5 Å². The molecule has 14 heteroatoms. The molecule has 0 bridgehead atoms. The van der Waals surface area contributed by atoms with Crippen molar-refractivity contribution < 1.29 is 35.9 Å². The van der Waals surface area contributed by atoms with E-state index in [1.54, 1.807) is 0 Å². The van der Waals surface area contributed by atoms with Crippen molar-refractivity contribution in [3.63, 3.8) is 0 Å². The molecule has 2 aromatic heterocycles. The maximum atomic E-state index is 15.1. The highest BCUT2D eigenvalue weighted by molar-refractivity contribution is 9.10. The Morgan fingerprint density at radius 2 is 2.00 bits per heavy atom. The van der Waals surface area contributed by atoms with Gasteiger partial charge in [0, 0.05) is 45.7 Å². The summed E-state index contributed by atoms with van der Waals surface area (Å²) in [6.45, 7) is 0.927. The summed E-state index contributed by atoms with van der Waals surface area (Å²) >= 11 is 3.69. The van der Waals surface area contributed by atoms with Crippen LogP contribution in [0.1, 0.15) is 18.2 Å². The number of benzene rings is 1. The number of rotatable bonds is 10. The lowest BCUT2D eigenvalue weighted by atomic mass is 10.1. The standard InChI is InChI=1S/C20H21BrF2NO7PS2/c1-3-31-32(26,27)20(22,23)19-17(21)14-9-12(15-11-13(25)5-6-24-15)10-16(18(14)33-19)30-7-4-8-34(2,28)29/h5-6,9-11H,3-4,7-8H2,1-2H3,(H,24,25)(H,26,27). The molecule has 0 aliphatic rings. The van der Waals surface area contributed by atoms with Crippen LogP contribution < -0.4 is 10.2 Å². The van der Waals surface area contributed by atoms with Crippen molar-refractivity contribution >= 4 is 54.8 Å². The predicted octanol–water partition coefficient (Wildman–Crippen LogP) is 5.10.